The van der Waals surface area contributed by atoms with E-state index in [-0.39, 0.29) is 24.1 Å². The van der Waals surface area contributed by atoms with E-state index in [4.69, 9.17) is 9.84 Å². The van der Waals surface area contributed by atoms with Gasteiger partial charge in [0.1, 0.15) is 5.82 Å². The van der Waals surface area contributed by atoms with E-state index >= 15 is 0 Å². The fourth-order valence-corrected chi connectivity index (χ4v) is 4.73. The molecule has 4 aromatic rings. The van der Waals surface area contributed by atoms with Crippen LogP contribution in [0.2, 0.25) is 0 Å². The zero-order valence-corrected chi connectivity index (χ0v) is 19.6. The number of amides is 1. The third kappa shape index (κ3) is 6.09. The van der Waals surface area contributed by atoms with E-state index in [1.54, 1.807) is 11.6 Å². The van der Waals surface area contributed by atoms with Crippen molar-refractivity contribution in [3.8, 4) is 16.9 Å². The summed E-state index contributed by atoms with van der Waals surface area (Å²) in [6.45, 7) is 2.11. The number of carbonyl (C=O) groups excluding carboxylic acids is 2. The highest BCUT2D eigenvalue weighted by Gasteiger charge is 2.15. The highest BCUT2D eigenvalue weighted by Crippen LogP contribution is 2.26. The second-order valence-corrected chi connectivity index (χ2v) is 9.03. The average molecular weight is 479 g/mol. The molecule has 1 N–H and O–H groups in total. The summed E-state index contributed by atoms with van der Waals surface area (Å²) in [5.41, 5.74) is 3.24. The monoisotopic (exact) mass is 478 g/mol. The first-order valence-corrected chi connectivity index (χ1v) is 12.2. The Hall–Kier alpha value is -3.43. The molecule has 0 bridgehead atoms. The number of hydrogen-bond donors (Lipinski definition) is 1. The van der Waals surface area contributed by atoms with Gasteiger partial charge in [0.05, 0.1) is 35.9 Å². The van der Waals surface area contributed by atoms with Crippen molar-refractivity contribution in [3.05, 3.63) is 77.8 Å². The molecule has 0 saturated heterocycles. The van der Waals surface area contributed by atoms with Crippen LogP contribution in [-0.4, -0.2) is 39.0 Å². The van der Waals surface area contributed by atoms with Gasteiger partial charge in [0.15, 0.2) is 4.34 Å². The lowest BCUT2D eigenvalue weighted by Gasteiger charge is -2.08. The highest BCUT2D eigenvalue weighted by molar-refractivity contribution is 8.01. The van der Waals surface area contributed by atoms with E-state index < -0.39 is 0 Å². The Morgan fingerprint density at radius 3 is 2.55 bits per heavy atom. The van der Waals surface area contributed by atoms with Crippen molar-refractivity contribution < 1.29 is 14.3 Å². The van der Waals surface area contributed by atoms with Crippen LogP contribution in [0, 0.1) is 0 Å². The third-order valence-electron chi connectivity index (χ3n) is 4.54. The van der Waals surface area contributed by atoms with Crippen LogP contribution in [0.1, 0.15) is 12.6 Å². The van der Waals surface area contributed by atoms with Crippen LogP contribution in [0.25, 0.3) is 16.9 Å². The van der Waals surface area contributed by atoms with E-state index in [2.05, 4.69) is 10.3 Å². The van der Waals surface area contributed by atoms with Crippen molar-refractivity contribution in [2.24, 2.45) is 0 Å². The highest BCUT2D eigenvalue weighted by atomic mass is 32.2. The van der Waals surface area contributed by atoms with E-state index in [1.807, 2.05) is 72.1 Å². The predicted molar refractivity (Wildman–Crippen MR) is 131 cm³/mol. The van der Waals surface area contributed by atoms with Crippen LogP contribution in [-0.2, 0) is 20.7 Å². The molecule has 0 aliphatic heterocycles. The molecule has 168 valence electrons. The summed E-state index contributed by atoms with van der Waals surface area (Å²) in [5.74, 6) is 0.305. The van der Waals surface area contributed by atoms with Gasteiger partial charge in [-0.05, 0) is 19.1 Å². The zero-order valence-electron chi connectivity index (χ0n) is 17.9. The number of aromatic nitrogens is 3. The molecule has 9 heteroatoms. The Kier molecular flexibility index (Phi) is 7.54. The molecular formula is C24H22N4O3S2. The molecule has 2 aromatic carbocycles. The number of hydrogen-bond acceptors (Lipinski definition) is 7. The van der Waals surface area contributed by atoms with Crippen LogP contribution >= 0.6 is 23.1 Å². The maximum atomic E-state index is 12.7. The van der Waals surface area contributed by atoms with Crippen molar-refractivity contribution in [3.63, 3.8) is 0 Å². The summed E-state index contributed by atoms with van der Waals surface area (Å²) in [7, 11) is 0. The third-order valence-corrected chi connectivity index (χ3v) is 6.61. The quantitative estimate of drug-likeness (QED) is 0.274. The van der Waals surface area contributed by atoms with Crippen molar-refractivity contribution in [2.75, 3.05) is 17.7 Å². The summed E-state index contributed by atoms with van der Waals surface area (Å²) in [6.07, 6.45) is 0.135. The Labute approximate surface area is 199 Å². The van der Waals surface area contributed by atoms with Gasteiger partial charge in [-0.15, -0.1) is 11.3 Å². The molecule has 0 atom stereocenters. The molecule has 0 radical (unpaired) electrons. The van der Waals surface area contributed by atoms with Gasteiger partial charge < -0.3 is 10.1 Å². The van der Waals surface area contributed by atoms with E-state index in [1.165, 1.54) is 23.1 Å². The number of nitrogens with zero attached hydrogens (tertiary/aromatic N) is 3. The number of para-hydroxylation sites is 1. The molecular weight excluding hydrogens is 456 g/mol. The largest absolute Gasteiger partial charge is 0.466 e. The number of thioether (sulfide) groups is 1. The molecule has 2 heterocycles. The van der Waals surface area contributed by atoms with Gasteiger partial charge in [0, 0.05) is 17.0 Å². The fourth-order valence-electron chi connectivity index (χ4n) is 3.09. The van der Waals surface area contributed by atoms with Crippen LogP contribution in [0.15, 0.2) is 76.4 Å². The Bertz CT molecular complexity index is 1220. The number of benzene rings is 2. The molecule has 4 rings (SSSR count). The Balaban J connectivity index is 1.45. The van der Waals surface area contributed by atoms with Gasteiger partial charge in [-0.2, -0.15) is 5.10 Å². The van der Waals surface area contributed by atoms with Crippen LogP contribution in [0.3, 0.4) is 0 Å². The minimum atomic E-state index is -0.305. The number of rotatable bonds is 9. The maximum Gasteiger partial charge on any atom is 0.311 e. The molecule has 0 aliphatic carbocycles. The number of thiazole rings is 1. The van der Waals surface area contributed by atoms with Crippen LogP contribution in [0.4, 0.5) is 5.82 Å². The topological polar surface area (TPSA) is 86.1 Å². The summed E-state index contributed by atoms with van der Waals surface area (Å²) >= 11 is 2.73. The predicted octanol–water partition coefficient (Wildman–Crippen LogP) is 4.83. The van der Waals surface area contributed by atoms with Crippen molar-refractivity contribution >= 4 is 40.8 Å². The number of carbonyl (C=O) groups is 2. The zero-order chi connectivity index (χ0) is 23.0. The molecule has 33 heavy (non-hydrogen) atoms. The summed E-state index contributed by atoms with van der Waals surface area (Å²) in [5, 5.41) is 9.49. The van der Waals surface area contributed by atoms with Crippen molar-refractivity contribution in [1.29, 1.82) is 0 Å². The molecule has 0 aliphatic rings. The molecule has 2 aromatic heterocycles. The second kappa shape index (κ2) is 10.9. The van der Waals surface area contributed by atoms with Crippen molar-refractivity contribution in [1.82, 2.24) is 14.8 Å². The average Bonchev–Trinajstić information content (AvgIpc) is 3.46. The molecule has 7 nitrogen and oxygen atoms in total. The van der Waals surface area contributed by atoms with Crippen LogP contribution in [0.5, 0.6) is 0 Å². The first kappa shape index (κ1) is 22.8. The minimum absolute atomic E-state index is 0.135. The van der Waals surface area contributed by atoms with E-state index in [0.29, 0.717) is 18.1 Å². The number of esters is 1. The molecule has 0 unspecified atom stereocenters. The molecule has 0 saturated carbocycles. The van der Waals surface area contributed by atoms with E-state index in [9.17, 15) is 9.59 Å². The molecule has 0 fully saturated rings. The SMILES string of the molecule is CCOC(=O)Cc1csc(SCC(=O)Nc2cc(-c3ccccc3)nn2-c2ccccc2)n1. The normalized spacial score (nSPS) is 10.7. The van der Waals surface area contributed by atoms with E-state index in [0.717, 1.165) is 21.3 Å². The number of anilines is 1. The van der Waals surface area contributed by atoms with Gasteiger partial charge >= 0.3 is 5.97 Å². The summed E-state index contributed by atoms with van der Waals surface area (Å²) < 4.78 is 7.40. The van der Waals surface area contributed by atoms with Crippen molar-refractivity contribution in [2.45, 2.75) is 17.7 Å². The molecule has 1 amide bonds. The maximum absolute atomic E-state index is 12.7. The number of nitrogens with one attached hydrogen (secondary N) is 1. The first-order valence-electron chi connectivity index (χ1n) is 10.4. The minimum Gasteiger partial charge on any atom is -0.466 e. The first-order chi connectivity index (χ1) is 16.1. The lowest BCUT2D eigenvalue weighted by Crippen LogP contribution is -2.16. The Morgan fingerprint density at radius 1 is 1.09 bits per heavy atom. The smallest absolute Gasteiger partial charge is 0.311 e. The Morgan fingerprint density at radius 2 is 1.82 bits per heavy atom. The van der Waals surface area contributed by atoms with Crippen LogP contribution < -0.4 is 5.32 Å². The standard InChI is InChI=1S/C24H22N4O3S2/c1-2-31-23(30)13-18-15-32-24(25-18)33-16-22(29)26-21-14-20(17-9-5-3-6-10-17)27-28(21)19-11-7-4-8-12-19/h3-12,14-15H,2,13,16H2,1H3,(H,26,29). The lowest BCUT2D eigenvalue weighted by atomic mass is 10.2. The van der Waals surface area contributed by atoms with Gasteiger partial charge in [-0.3, -0.25) is 9.59 Å². The van der Waals surface area contributed by atoms with Gasteiger partial charge in [0.25, 0.3) is 0 Å². The number of ether oxygens (including phenoxy) is 1. The molecule has 0 spiro atoms. The second-order valence-electron chi connectivity index (χ2n) is 6.95. The summed E-state index contributed by atoms with van der Waals surface area (Å²) in [6, 6.07) is 21.4. The summed E-state index contributed by atoms with van der Waals surface area (Å²) in [4.78, 5) is 28.7. The van der Waals surface area contributed by atoms with Gasteiger partial charge in [0.2, 0.25) is 5.91 Å². The van der Waals surface area contributed by atoms with Gasteiger partial charge in [-0.1, -0.05) is 60.3 Å². The lowest BCUT2D eigenvalue weighted by molar-refractivity contribution is -0.142. The fraction of sp³-hybridized carbons (Fsp3) is 0.167. The van der Waals surface area contributed by atoms with Gasteiger partial charge in [-0.25, -0.2) is 9.67 Å².